The van der Waals surface area contributed by atoms with Crippen LogP contribution in [-0.2, 0) is 4.74 Å². The highest BCUT2D eigenvalue weighted by molar-refractivity contribution is 5.68. The molecule has 0 saturated heterocycles. The molecule has 1 aliphatic heterocycles. The molecule has 2 rings (SSSR count). The molecule has 0 bridgehead atoms. The molecule has 110 valence electrons. The molecule has 0 radical (unpaired) electrons. The lowest BCUT2D eigenvalue weighted by Crippen LogP contribution is -2.23. The first-order valence-electron chi connectivity index (χ1n) is 6.88. The van der Waals surface area contributed by atoms with Crippen LogP contribution in [0.2, 0.25) is 0 Å². The summed E-state index contributed by atoms with van der Waals surface area (Å²) in [5.41, 5.74) is 1.32. The zero-order valence-electron chi connectivity index (χ0n) is 12.6. The second kappa shape index (κ2) is 6.65. The van der Waals surface area contributed by atoms with Crippen molar-refractivity contribution < 1.29 is 4.74 Å². The first-order valence-corrected chi connectivity index (χ1v) is 6.88. The van der Waals surface area contributed by atoms with E-state index < -0.39 is 11.3 Å². The Balaban J connectivity index is 2.43. The summed E-state index contributed by atoms with van der Waals surface area (Å²) in [4.78, 5) is 2.02. The maximum atomic E-state index is 9.26. The summed E-state index contributed by atoms with van der Waals surface area (Å²) in [6, 6.07) is 12.1. The topological polar surface area (TPSA) is 60.0 Å². The number of benzene rings is 1. The zero-order valence-corrected chi connectivity index (χ0v) is 12.6. The third kappa shape index (κ3) is 3.02. The van der Waals surface area contributed by atoms with E-state index in [4.69, 9.17) is 4.74 Å². The molecule has 0 unspecified atom stereocenters. The average molecular weight is 291 g/mol. The summed E-state index contributed by atoms with van der Waals surface area (Å²) in [5, 5.41) is 18.5. The Morgan fingerprint density at radius 1 is 1.14 bits per heavy atom. The van der Waals surface area contributed by atoms with E-state index in [2.05, 4.69) is 12.1 Å². The van der Waals surface area contributed by atoms with Crippen LogP contribution in [0.15, 0.2) is 55.0 Å². The number of hydrogen-bond donors (Lipinski definition) is 0. The second-order valence-electron chi connectivity index (χ2n) is 5.22. The van der Waals surface area contributed by atoms with Crippen molar-refractivity contribution >= 4 is 11.8 Å². The van der Waals surface area contributed by atoms with E-state index in [0.29, 0.717) is 0 Å². The smallest absolute Gasteiger partial charge is 0.149 e. The molecule has 1 aromatic rings. The van der Waals surface area contributed by atoms with Crippen molar-refractivity contribution in [1.29, 1.82) is 10.5 Å². The van der Waals surface area contributed by atoms with Gasteiger partial charge in [-0.3, -0.25) is 0 Å². The molecular weight excluding hydrogens is 274 g/mol. The van der Waals surface area contributed by atoms with Crippen molar-refractivity contribution in [3.8, 4) is 12.1 Å². The van der Waals surface area contributed by atoms with Gasteiger partial charge in [-0.05, 0) is 23.8 Å². The van der Waals surface area contributed by atoms with Gasteiger partial charge in [0.25, 0.3) is 0 Å². The largest absolute Gasteiger partial charge is 0.473 e. The van der Waals surface area contributed by atoms with Gasteiger partial charge in [0, 0.05) is 19.8 Å². The van der Waals surface area contributed by atoms with Gasteiger partial charge in [0.15, 0.2) is 0 Å². The Labute approximate surface area is 130 Å². The number of para-hydroxylation sites is 1. The Morgan fingerprint density at radius 3 is 2.36 bits per heavy atom. The van der Waals surface area contributed by atoms with E-state index >= 15 is 0 Å². The van der Waals surface area contributed by atoms with Gasteiger partial charge in [-0.15, -0.1) is 0 Å². The highest BCUT2D eigenvalue weighted by Crippen LogP contribution is 2.36. The van der Waals surface area contributed by atoms with Crippen LogP contribution >= 0.6 is 0 Å². The molecule has 1 aliphatic rings. The summed E-state index contributed by atoms with van der Waals surface area (Å²) in [6.07, 6.45) is 10.3. The SMILES string of the molecule is CN(C)c1ccccc1C=CC1(C(C#N)C#N)C=COC=C1. The van der Waals surface area contributed by atoms with Gasteiger partial charge in [-0.25, -0.2) is 0 Å². The quantitative estimate of drug-likeness (QED) is 0.852. The Morgan fingerprint density at radius 2 is 1.77 bits per heavy atom. The molecule has 0 N–H and O–H groups in total. The summed E-state index contributed by atoms with van der Waals surface area (Å²) in [5.74, 6) is -0.813. The van der Waals surface area contributed by atoms with E-state index in [1.54, 1.807) is 12.2 Å². The van der Waals surface area contributed by atoms with E-state index in [1.807, 2.05) is 55.4 Å². The normalized spacial score (nSPS) is 15.3. The lowest BCUT2D eigenvalue weighted by atomic mass is 9.75. The van der Waals surface area contributed by atoms with Crippen LogP contribution in [0.5, 0.6) is 0 Å². The van der Waals surface area contributed by atoms with Crippen molar-refractivity contribution in [2.24, 2.45) is 11.3 Å². The maximum absolute atomic E-state index is 9.26. The van der Waals surface area contributed by atoms with Crippen LogP contribution < -0.4 is 4.90 Å². The van der Waals surface area contributed by atoms with E-state index in [0.717, 1.165) is 11.3 Å². The van der Waals surface area contributed by atoms with Crippen molar-refractivity contribution in [1.82, 2.24) is 0 Å². The van der Waals surface area contributed by atoms with Crippen LogP contribution in [0.3, 0.4) is 0 Å². The van der Waals surface area contributed by atoms with E-state index in [9.17, 15) is 10.5 Å². The maximum Gasteiger partial charge on any atom is 0.149 e. The number of nitrogens with zero attached hydrogens (tertiary/aromatic N) is 3. The highest BCUT2D eigenvalue weighted by Gasteiger charge is 2.34. The van der Waals surface area contributed by atoms with Gasteiger partial charge in [-0.2, -0.15) is 10.5 Å². The Kier molecular flexibility index (Phi) is 4.66. The molecule has 0 spiro atoms. The van der Waals surface area contributed by atoms with Crippen molar-refractivity contribution in [3.05, 3.63) is 60.6 Å². The fourth-order valence-corrected chi connectivity index (χ4v) is 2.34. The van der Waals surface area contributed by atoms with E-state index in [-0.39, 0.29) is 0 Å². The molecule has 0 atom stereocenters. The minimum atomic E-state index is -0.813. The minimum absolute atomic E-state index is 0.777. The van der Waals surface area contributed by atoms with Crippen LogP contribution in [-0.4, -0.2) is 14.1 Å². The fraction of sp³-hybridized carbons (Fsp3) is 0.222. The molecular formula is C18H17N3O. The van der Waals surface area contributed by atoms with Crippen LogP contribution in [0, 0.1) is 34.0 Å². The Bertz CT molecular complexity index is 676. The van der Waals surface area contributed by atoms with Gasteiger partial charge in [0.1, 0.15) is 5.92 Å². The number of anilines is 1. The fourth-order valence-electron chi connectivity index (χ4n) is 2.34. The number of rotatable bonds is 4. The second-order valence-corrected chi connectivity index (χ2v) is 5.22. The van der Waals surface area contributed by atoms with Crippen molar-refractivity contribution in [2.75, 3.05) is 19.0 Å². The molecule has 4 heteroatoms. The first-order chi connectivity index (χ1) is 10.6. The molecule has 1 aromatic carbocycles. The predicted molar refractivity (Wildman–Crippen MR) is 86.3 cm³/mol. The number of nitriles is 2. The van der Waals surface area contributed by atoms with Gasteiger partial charge in [0.05, 0.1) is 30.1 Å². The molecule has 0 fully saturated rings. The van der Waals surface area contributed by atoms with Crippen molar-refractivity contribution in [3.63, 3.8) is 0 Å². The van der Waals surface area contributed by atoms with Gasteiger partial charge >= 0.3 is 0 Å². The molecule has 22 heavy (non-hydrogen) atoms. The van der Waals surface area contributed by atoms with E-state index in [1.165, 1.54) is 12.5 Å². The first kappa shape index (κ1) is 15.4. The molecule has 0 saturated carbocycles. The van der Waals surface area contributed by atoms with Gasteiger partial charge in [-0.1, -0.05) is 30.4 Å². The summed E-state index contributed by atoms with van der Waals surface area (Å²) >= 11 is 0. The predicted octanol–water partition coefficient (Wildman–Crippen LogP) is 3.47. The molecule has 0 aliphatic carbocycles. The number of ether oxygens (including phenoxy) is 1. The highest BCUT2D eigenvalue weighted by atomic mass is 16.5. The minimum Gasteiger partial charge on any atom is -0.473 e. The molecule has 4 nitrogen and oxygen atoms in total. The van der Waals surface area contributed by atoms with Crippen LogP contribution in [0.1, 0.15) is 5.56 Å². The number of hydrogen-bond acceptors (Lipinski definition) is 4. The third-order valence-electron chi connectivity index (χ3n) is 3.60. The van der Waals surface area contributed by atoms with Gasteiger partial charge < -0.3 is 9.64 Å². The summed E-state index contributed by atoms with van der Waals surface area (Å²) in [6.45, 7) is 0. The van der Waals surface area contributed by atoms with Crippen molar-refractivity contribution in [2.45, 2.75) is 0 Å². The molecule has 0 aromatic heterocycles. The zero-order chi connectivity index (χ0) is 16.0. The van der Waals surface area contributed by atoms with Gasteiger partial charge in [0.2, 0.25) is 0 Å². The average Bonchev–Trinajstić information content (AvgIpc) is 2.55. The Hall–Kier alpha value is -2.98. The molecule has 1 heterocycles. The monoisotopic (exact) mass is 291 g/mol. The third-order valence-corrected chi connectivity index (χ3v) is 3.60. The van der Waals surface area contributed by atoms with Crippen LogP contribution in [0.4, 0.5) is 5.69 Å². The van der Waals surface area contributed by atoms with Crippen LogP contribution in [0.25, 0.3) is 6.08 Å². The standard InChI is InChI=1S/C18H17N3O/c1-21(2)17-6-4-3-5-15(17)7-8-18(16(13-19)14-20)9-11-22-12-10-18/h3-12,16H,1-2H3. The summed E-state index contributed by atoms with van der Waals surface area (Å²) in [7, 11) is 3.95. The lowest BCUT2D eigenvalue weighted by molar-refractivity contribution is 0.360. The molecule has 0 amide bonds. The lowest BCUT2D eigenvalue weighted by Gasteiger charge is -2.26. The summed E-state index contributed by atoms with van der Waals surface area (Å²) < 4.78 is 5.06. The number of allylic oxidation sites excluding steroid dienone is 3.